The summed E-state index contributed by atoms with van der Waals surface area (Å²) in [6, 6.07) is 27.1. The van der Waals surface area contributed by atoms with E-state index in [1.54, 1.807) is 0 Å². The first-order valence-electron chi connectivity index (χ1n) is 10.5. The van der Waals surface area contributed by atoms with Crippen molar-refractivity contribution in [1.29, 1.82) is 0 Å². The van der Waals surface area contributed by atoms with Crippen LogP contribution in [-0.4, -0.2) is 26.9 Å². The number of hydrogen-bond donors (Lipinski definition) is 0. The van der Waals surface area contributed by atoms with E-state index in [4.69, 9.17) is 4.98 Å². The van der Waals surface area contributed by atoms with Crippen LogP contribution in [0.1, 0.15) is 34.9 Å². The second-order valence-corrected chi connectivity index (χ2v) is 8.19. The summed E-state index contributed by atoms with van der Waals surface area (Å²) in [4.78, 5) is 19.7. The van der Waals surface area contributed by atoms with Crippen molar-refractivity contribution in [3.8, 4) is 0 Å². The molecule has 1 saturated heterocycles. The van der Waals surface area contributed by atoms with Gasteiger partial charge in [-0.3, -0.25) is 4.79 Å². The Morgan fingerprint density at radius 1 is 0.900 bits per heavy atom. The van der Waals surface area contributed by atoms with Crippen LogP contribution in [0.25, 0.3) is 11.0 Å². The van der Waals surface area contributed by atoms with E-state index >= 15 is 0 Å². The maximum absolute atomic E-state index is 12.8. The fraction of sp³-hybridized carbons (Fsp3) is 0.231. The molecule has 4 heteroatoms. The van der Waals surface area contributed by atoms with Gasteiger partial charge in [0.25, 0.3) is 0 Å². The van der Waals surface area contributed by atoms with Crippen molar-refractivity contribution >= 4 is 16.9 Å². The van der Waals surface area contributed by atoms with E-state index in [1.807, 2.05) is 29.2 Å². The predicted octanol–water partition coefficient (Wildman–Crippen LogP) is 4.91. The molecule has 4 nitrogen and oxygen atoms in total. The third-order valence-corrected chi connectivity index (χ3v) is 5.90. The van der Waals surface area contributed by atoms with Gasteiger partial charge in [0.1, 0.15) is 5.82 Å². The summed E-state index contributed by atoms with van der Waals surface area (Å²) in [7, 11) is 0. The molecule has 1 fully saturated rings. The zero-order valence-electron chi connectivity index (χ0n) is 17.2. The number of rotatable bonds is 5. The fourth-order valence-corrected chi connectivity index (χ4v) is 4.47. The fourth-order valence-electron chi connectivity index (χ4n) is 4.47. The molecule has 0 aliphatic carbocycles. The number of imidazole rings is 1. The molecule has 1 aromatic heterocycles. The molecule has 1 aliphatic rings. The van der Waals surface area contributed by atoms with Crippen LogP contribution in [0.5, 0.6) is 0 Å². The quantitative estimate of drug-likeness (QED) is 0.482. The van der Waals surface area contributed by atoms with Crippen LogP contribution in [-0.2, 0) is 17.9 Å². The number of aromatic nitrogens is 2. The molecular weight excluding hydrogens is 370 g/mol. The molecule has 0 spiro atoms. The van der Waals surface area contributed by atoms with Crippen molar-refractivity contribution in [2.75, 3.05) is 6.54 Å². The Bertz CT molecular complexity index is 1200. The van der Waals surface area contributed by atoms with Gasteiger partial charge in [0.15, 0.2) is 0 Å². The van der Waals surface area contributed by atoms with E-state index in [0.717, 1.165) is 23.4 Å². The zero-order valence-corrected chi connectivity index (χ0v) is 17.2. The Hall–Kier alpha value is -3.40. The minimum atomic E-state index is 0.110. The molecule has 0 bridgehead atoms. The second kappa shape index (κ2) is 7.79. The maximum Gasteiger partial charge on any atom is 0.223 e. The molecule has 1 atom stereocenters. The molecule has 1 aliphatic heterocycles. The number of amides is 1. The van der Waals surface area contributed by atoms with Crippen LogP contribution in [0.3, 0.4) is 0 Å². The van der Waals surface area contributed by atoms with Gasteiger partial charge in [-0.15, -0.1) is 0 Å². The Morgan fingerprint density at radius 3 is 2.50 bits per heavy atom. The lowest BCUT2D eigenvalue weighted by atomic mass is 10.1. The number of benzene rings is 3. The lowest BCUT2D eigenvalue weighted by molar-refractivity contribution is -0.128. The number of aryl methyl sites for hydroxylation is 1. The van der Waals surface area contributed by atoms with Gasteiger partial charge in [-0.05, 0) is 30.2 Å². The highest BCUT2D eigenvalue weighted by Gasteiger charge is 2.34. The lowest BCUT2D eigenvalue weighted by Crippen LogP contribution is -2.24. The highest BCUT2D eigenvalue weighted by atomic mass is 16.2. The van der Waals surface area contributed by atoms with Gasteiger partial charge in [0.2, 0.25) is 5.91 Å². The lowest BCUT2D eigenvalue weighted by Gasteiger charge is -2.17. The molecule has 0 saturated carbocycles. The molecule has 1 amide bonds. The van der Waals surface area contributed by atoms with E-state index in [0.29, 0.717) is 19.5 Å². The van der Waals surface area contributed by atoms with Crippen molar-refractivity contribution in [3.63, 3.8) is 0 Å². The number of carbonyl (C=O) groups is 1. The normalized spacial score (nSPS) is 16.5. The Labute approximate surface area is 176 Å². The number of hydrogen-bond acceptors (Lipinski definition) is 2. The summed E-state index contributed by atoms with van der Waals surface area (Å²) in [5, 5.41) is 0. The van der Waals surface area contributed by atoms with Crippen LogP contribution in [0.4, 0.5) is 0 Å². The van der Waals surface area contributed by atoms with Crippen LogP contribution < -0.4 is 0 Å². The van der Waals surface area contributed by atoms with Gasteiger partial charge in [0, 0.05) is 32.0 Å². The van der Waals surface area contributed by atoms with Gasteiger partial charge in [-0.25, -0.2) is 4.98 Å². The van der Waals surface area contributed by atoms with Gasteiger partial charge in [-0.1, -0.05) is 72.3 Å². The van der Waals surface area contributed by atoms with Crippen molar-refractivity contribution in [1.82, 2.24) is 14.5 Å². The van der Waals surface area contributed by atoms with Gasteiger partial charge in [-0.2, -0.15) is 0 Å². The first kappa shape index (κ1) is 18.6. The van der Waals surface area contributed by atoms with Crippen molar-refractivity contribution in [2.45, 2.75) is 32.4 Å². The highest BCUT2D eigenvalue weighted by molar-refractivity contribution is 5.81. The van der Waals surface area contributed by atoms with Crippen LogP contribution in [0, 0.1) is 6.92 Å². The summed E-state index contributed by atoms with van der Waals surface area (Å²) in [5.74, 6) is 1.33. The standard InChI is InChI=1S/C26H25N3O/c1-19-8-7-11-21(14-19)17-29-24-13-6-5-12-23(24)27-26(29)22-15-25(30)28(18-22)16-20-9-3-2-4-10-20/h2-14,22H,15-18H2,1H3. The predicted molar refractivity (Wildman–Crippen MR) is 119 cm³/mol. The van der Waals surface area contributed by atoms with E-state index in [-0.39, 0.29) is 11.8 Å². The molecule has 150 valence electrons. The first-order valence-corrected chi connectivity index (χ1v) is 10.5. The number of fused-ring (bicyclic) bond motifs is 1. The monoisotopic (exact) mass is 395 g/mol. The molecule has 30 heavy (non-hydrogen) atoms. The largest absolute Gasteiger partial charge is 0.338 e. The molecule has 4 aromatic rings. The molecular formula is C26H25N3O. The highest BCUT2D eigenvalue weighted by Crippen LogP contribution is 2.31. The summed E-state index contributed by atoms with van der Waals surface area (Å²) in [6.07, 6.45) is 0.518. The Balaban J connectivity index is 1.47. The van der Waals surface area contributed by atoms with Gasteiger partial charge in [0.05, 0.1) is 11.0 Å². The van der Waals surface area contributed by atoms with Crippen LogP contribution in [0.15, 0.2) is 78.9 Å². The molecule has 0 N–H and O–H groups in total. The van der Waals surface area contributed by atoms with Crippen LogP contribution >= 0.6 is 0 Å². The van der Waals surface area contributed by atoms with Crippen LogP contribution in [0.2, 0.25) is 0 Å². The summed E-state index contributed by atoms with van der Waals surface area (Å²) in [5.41, 5.74) is 5.80. The zero-order chi connectivity index (χ0) is 20.5. The Kier molecular flexibility index (Phi) is 4.83. The number of carbonyl (C=O) groups excluding carboxylic acids is 1. The third kappa shape index (κ3) is 3.61. The topological polar surface area (TPSA) is 38.1 Å². The van der Waals surface area contributed by atoms with Crippen molar-refractivity contribution in [2.24, 2.45) is 0 Å². The molecule has 2 heterocycles. The van der Waals surface area contributed by atoms with E-state index < -0.39 is 0 Å². The molecule has 3 aromatic carbocycles. The van der Waals surface area contributed by atoms with Crippen molar-refractivity contribution in [3.05, 3.63) is 101 Å². The van der Waals surface area contributed by atoms with E-state index in [9.17, 15) is 4.79 Å². The minimum absolute atomic E-state index is 0.110. The summed E-state index contributed by atoms with van der Waals surface area (Å²) in [6.45, 7) is 4.26. The molecule has 0 radical (unpaired) electrons. The van der Waals surface area contributed by atoms with E-state index in [2.05, 4.69) is 66.1 Å². The second-order valence-electron chi connectivity index (χ2n) is 8.19. The molecule has 5 rings (SSSR count). The summed E-state index contributed by atoms with van der Waals surface area (Å²) >= 11 is 0. The smallest absolute Gasteiger partial charge is 0.223 e. The number of likely N-dealkylation sites (tertiary alicyclic amines) is 1. The Morgan fingerprint density at radius 2 is 1.67 bits per heavy atom. The average molecular weight is 396 g/mol. The first-order chi connectivity index (χ1) is 14.7. The van der Waals surface area contributed by atoms with E-state index in [1.165, 1.54) is 16.7 Å². The maximum atomic E-state index is 12.8. The number of nitrogens with zero attached hydrogens (tertiary/aromatic N) is 3. The number of para-hydroxylation sites is 2. The van der Waals surface area contributed by atoms with Crippen molar-refractivity contribution < 1.29 is 4.79 Å². The third-order valence-electron chi connectivity index (χ3n) is 5.90. The van der Waals surface area contributed by atoms with Gasteiger partial charge >= 0.3 is 0 Å². The minimum Gasteiger partial charge on any atom is -0.338 e. The SMILES string of the molecule is Cc1cccc(Cn2c(C3CC(=O)N(Cc4ccccc4)C3)nc3ccccc32)c1. The van der Waals surface area contributed by atoms with Gasteiger partial charge < -0.3 is 9.47 Å². The molecule has 1 unspecified atom stereocenters. The average Bonchev–Trinajstić information content (AvgIpc) is 3.30. The summed E-state index contributed by atoms with van der Waals surface area (Å²) < 4.78 is 2.30.